The fourth-order valence-corrected chi connectivity index (χ4v) is 2.30. The zero-order valence-corrected chi connectivity index (χ0v) is 11.4. The maximum Gasteiger partial charge on any atom is 0.416 e. The van der Waals surface area contributed by atoms with E-state index < -0.39 is 11.7 Å². The molecule has 1 aromatic carbocycles. The zero-order valence-electron chi connectivity index (χ0n) is 10.5. The van der Waals surface area contributed by atoms with E-state index in [1.807, 2.05) is 0 Å². The van der Waals surface area contributed by atoms with E-state index in [-0.39, 0.29) is 24.6 Å². The second-order valence-corrected chi connectivity index (χ2v) is 4.45. The predicted molar refractivity (Wildman–Crippen MR) is 69.5 cm³/mol. The first kappa shape index (κ1) is 16.3. The van der Waals surface area contributed by atoms with Gasteiger partial charge < -0.3 is 10.1 Å². The summed E-state index contributed by atoms with van der Waals surface area (Å²) < 4.78 is 43.6. The number of nitrogens with one attached hydrogen (secondary N) is 1. The van der Waals surface area contributed by atoms with Gasteiger partial charge in [0.25, 0.3) is 0 Å². The first-order valence-corrected chi connectivity index (χ1v) is 5.98. The molecule has 1 saturated heterocycles. The number of alkyl halides is 3. The summed E-state index contributed by atoms with van der Waals surface area (Å²) in [6, 6.07) is 5.46. The minimum atomic E-state index is -4.31. The van der Waals surface area contributed by atoms with Gasteiger partial charge >= 0.3 is 6.18 Å². The molecule has 0 aromatic heterocycles. The molecular weight excluding hydrogens is 279 g/mol. The summed E-state index contributed by atoms with van der Waals surface area (Å²) in [7, 11) is 1.81. The van der Waals surface area contributed by atoms with Gasteiger partial charge in [-0.15, -0.1) is 12.4 Å². The highest BCUT2D eigenvalue weighted by Gasteiger charge is 2.32. The SMILES string of the molecule is CNC1CCCOC1c1cccc(C(F)(F)F)c1.Cl. The number of rotatable bonds is 2. The van der Waals surface area contributed by atoms with Crippen LogP contribution in [0.1, 0.15) is 30.1 Å². The van der Waals surface area contributed by atoms with Crippen molar-refractivity contribution in [3.05, 3.63) is 35.4 Å². The quantitative estimate of drug-likeness (QED) is 0.901. The first-order valence-electron chi connectivity index (χ1n) is 5.98. The number of benzene rings is 1. The van der Waals surface area contributed by atoms with Gasteiger partial charge in [-0.05, 0) is 37.6 Å². The van der Waals surface area contributed by atoms with Crippen LogP contribution in [0.15, 0.2) is 24.3 Å². The second kappa shape index (κ2) is 6.59. The molecule has 108 valence electrons. The topological polar surface area (TPSA) is 21.3 Å². The Hall–Kier alpha value is -0.780. The summed E-state index contributed by atoms with van der Waals surface area (Å²) >= 11 is 0. The molecule has 0 aliphatic carbocycles. The molecule has 19 heavy (non-hydrogen) atoms. The fourth-order valence-electron chi connectivity index (χ4n) is 2.30. The van der Waals surface area contributed by atoms with E-state index in [1.165, 1.54) is 12.1 Å². The molecule has 1 aliphatic rings. The molecule has 2 atom stereocenters. The Morgan fingerprint density at radius 2 is 2.05 bits per heavy atom. The smallest absolute Gasteiger partial charge is 0.372 e. The van der Waals surface area contributed by atoms with E-state index >= 15 is 0 Å². The number of ether oxygens (including phenoxy) is 1. The molecule has 6 heteroatoms. The van der Waals surface area contributed by atoms with Crippen LogP contribution >= 0.6 is 12.4 Å². The van der Waals surface area contributed by atoms with Crippen molar-refractivity contribution in [3.63, 3.8) is 0 Å². The largest absolute Gasteiger partial charge is 0.416 e. The Morgan fingerprint density at radius 3 is 2.68 bits per heavy atom. The lowest BCUT2D eigenvalue weighted by Crippen LogP contribution is -2.37. The molecular formula is C13H17ClF3NO. The summed E-state index contributed by atoms with van der Waals surface area (Å²) in [4.78, 5) is 0. The van der Waals surface area contributed by atoms with Crippen LogP contribution in [-0.4, -0.2) is 19.7 Å². The summed E-state index contributed by atoms with van der Waals surface area (Å²) in [5, 5.41) is 3.10. The molecule has 0 radical (unpaired) electrons. The van der Waals surface area contributed by atoms with Crippen molar-refractivity contribution >= 4 is 12.4 Å². The molecule has 2 rings (SSSR count). The van der Waals surface area contributed by atoms with Gasteiger partial charge in [-0.25, -0.2) is 0 Å². The van der Waals surface area contributed by atoms with Gasteiger partial charge in [0.2, 0.25) is 0 Å². The van der Waals surface area contributed by atoms with Crippen molar-refractivity contribution in [2.24, 2.45) is 0 Å². The summed E-state index contributed by atoms with van der Waals surface area (Å²) in [5.41, 5.74) is -0.0344. The van der Waals surface area contributed by atoms with Gasteiger partial charge in [-0.3, -0.25) is 0 Å². The van der Waals surface area contributed by atoms with Crippen LogP contribution in [-0.2, 0) is 10.9 Å². The van der Waals surface area contributed by atoms with Crippen molar-refractivity contribution < 1.29 is 17.9 Å². The van der Waals surface area contributed by atoms with Crippen LogP contribution in [0, 0.1) is 0 Å². The fraction of sp³-hybridized carbons (Fsp3) is 0.538. The maximum absolute atomic E-state index is 12.7. The standard InChI is InChI=1S/C13H16F3NO.ClH/c1-17-11-6-3-7-18-12(11)9-4-2-5-10(8-9)13(14,15)16;/h2,4-5,8,11-12,17H,3,6-7H2,1H3;1H. The molecule has 0 amide bonds. The van der Waals surface area contributed by atoms with Crippen molar-refractivity contribution in [2.45, 2.75) is 31.2 Å². The Balaban J connectivity index is 0.00000180. The van der Waals surface area contributed by atoms with E-state index in [0.717, 1.165) is 18.9 Å². The monoisotopic (exact) mass is 295 g/mol. The molecule has 0 spiro atoms. The lowest BCUT2D eigenvalue weighted by Gasteiger charge is -2.32. The zero-order chi connectivity index (χ0) is 13.2. The van der Waals surface area contributed by atoms with E-state index in [0.29, 0.717) is 12.2 Å². The van der Waals surface area contributed by atoms with Gasteiger partial charge in [0.15, 0.2) is 0 Å². The molecule has 1 fully saturated rings. The highest BCUT2D eigenvalue weighted by atomic mass is 35.5. The highest BCUT2D eigenvalue weighted by molar-refractivity contribution is 5.85. The predicted octanol–water partition coefficient (Wildman–Crippen LogP) is 3.57. The van der Waals surface area contributed by atoms with Crippen LogP contribution in [0.25, 0.3) is 0 Å². The summed E-state index contributed by atoms with van der Waals surface area (Å²) in [6.07, 6.45) is -2.76. The number of halogens is 4. The summed E-state index contributed by atoms with van der Waals surface area (Å²) in [5.74, 6) is 0. The Morgan fingerprint density at radius 1 is 1.32 bits per heavy atom. The molecule has 1 aromatic rings. The normalized spacial score (nSPS) is 23.8. The molecule has 0 bridgehead atoms. The average Bonchev–Trinajstić information content (AvgIpc) is 2.38. The van der Waals surface area contributed by atoms with Crippen molar-refractivity contribution in [1.82, 2.24) is 5.32 Å². The van der Waals surface area contributed by atoms with E-state index in [1.54, 1.807) is 13.1 Å². The number of hydrogen-bond donors (Lipinski definition) is 1. The van der Waals surface area contributed by atoms with E-state index in [4.69, 9.17) is 4.74 Å². The van der Waals surface area contributed by atoms with Crippen LogP contribution in [0.2, 0.25) is 0 Å². The van der Waals surface area contributed by atoms with Crippen molar-refractivity contribution in [3.8, 4) is 0 Å². The van der Waals surface area contributed by atoms with Crippen molar-refractivity contribution in [2.75, 3.05) is 13.7 Å². The molecule has 1 heterocycles. The van der Waals surface area contributed by atoms with E-state index in [2.05, 4.69) is 5.32 Å². The Bertz CT molecular complexity index is 411. The lowest BCUT2D eigenvalue weighted by atomic mass is 9.95. The number of likely N-dealkylation sites (N-methyl/N-ethyl adjacent to an activating group) is 1. The molecule has 2 nitrogen and oxygen atoms in total. The van der Waals surface area contributed by atoms with Gasteiger partial charge in [0, 0.05) is 12.6 Å². The highest BCUT2D eigenvalue weighted by Crippen LogP contribution is 2.34. The maximum atomic E-state index is 12.7. The van der Waals surface area contributed by atoms with Crippen molar-refractivity contribution in [1.29, 1.82) is 0 Å². The second-order valence-electron chi connectivity index (χ2n) is 4.45. The van der Waals surface area contributed by atoms with Gasteiger partial charge in [0.1, 0.15) is 0 Å². The third kappa shape index (κ3) is 3.84. The Kier molecular flexibility index (Phi) is 5.64. The van der Waals surface area contributed by atoms with Crippen LogP contribution < -0.4 is 5.32 Å². The lowest BCUT2D eigenvalue weighted by molar-refractivity contribution is -0.137. The minimum Gasteiger partial charge on any atom is -0.372 e. The summed E-state index contributed by atoms with van der Waals surface area (Å²) in [6.45, 7) is 0.596. The third-order valence-electron chi connectivity index (χ3n) is 3.24. The molecule has 0 saturated carbocycles. The van der Waals surface area contributed by atoms with Crippen LogP contribution in [0.4, 0.5) is 13.2 Å². The van der Waals surface area contributed by atoms with Crippen LogP contribution in [0.3, 0.4) is 0 Å². The average molecular weight is 296 g/mol. The van der Waals surface area contributed by atoms with Gasteiger partial charge in [0.05, 0.1) is 11.7 Å². The first-order chi connectivity index (χ1) is 8.52. The molecule has 1 aliphatic heterocycles. The molecule has 1 N–H and O–H groups in total. The minimum absolute atomic E-state index is 0. The van der Waals surface area contributed by atoms with Gasteiger partial charge in [-0.2, -0.15) is 13.2 Å². The van der Waals surface area contributed by atoms with Crippen LogP contribution in [0.5, 0.6) is 0 Å². The number of hydrogen-bond acceptors (Lipinski definition) is 2. The van der Waals surface area contributed by atoms with E-state index in [9.17, 15) is 13.2 Å². The van der Waals surface area contributed by atoms with Gasteiger partial charge in [-0.1, -0.05) is 12.1 Å². The Labute approximate surface area is 116 Å². The molecule has 2 unspecified atom stereocenters. The third-order valence-corrected chi connectivity index (χ3v) is 3.24.